The molecule has 0 unspecified atom stereocenters. The highest BCUT2D eigenvalue weighted by atomic mass is 16.2. The molecule has 5 rings (SSSR count). The van der Waals surface area contributed by atoms with E-state index >= 15 is 0 Å². The molecule has 0 aliphatic carbocycles. The van der Waals surface area contributed by atoms with Crippen molar-refractivity contribution in [2.75, 3.05) is 36.6 Å². The molecule has 3 aromatic carbocycles. The van der Waals surface area contributed by atoms with Gasteiger partial charge in [-0.15, -0.1) is 0 Å². The Hall–Kier alpha value is -4.96. The summed E-state index contributed by atoms with van der Waals surface area (Å²) in [5.74, 6) is 0.361. The summed E-state index contributed by atoms with van der Waals surface area (Å²) in [6.07, 6.45) is 1.80. The van der Waals surface area contributed by atoms with Crippen LogP contribution in [0.25, 0.3) is 21.8 Å². The van der Waals surface area contributed by atoms with Crippen molar-refractivity contribution in [1.29, 1.82) is 0 Å². The molecule has 0 fully saturated rings. The number of carbonyl (C=O) groups excluding carboxylic acids is 2. The van der Waals surface area contributed by atoms with Gasteiger partial charge in [-0.2, -0.15) is 0 Å². The molecular weight excluding hydrogens is 480 g/mol. The molecule has 10 nitrogen and oxygen atoms in total. The fourth-order valence-electron chi connectivity index (χ4n) is 4.27. The van der Waals surface area contributed by atoms with Crippen LogP contribution in [0, 0.1) is 6.92 Å². The molecule has 2 amide bonds. The molecule has 0 atom stereocenters. The van der Waals surface area contributed by atoms with Gasteiger partial charge in [-0.3, -0.25) is 19.9 Å². The van der Waals surface area contributed by atoms with Crippen LogP contribution in [0.2, 0.25) is 0 Å². The molecule has 10 heteroatoms. The van der Waals surface area contributed by atoms with Crippen molar-refractivity contribution in [2.45, 2.75) is 6.92 Å². The molecule has 0 aliphatic heterocycles. The third-order valence-electron chi connectivity index (χ3n) is 6.11. The van der Waals surface area contributed by atoms with Crippen molar-refractivity contribution in [3.63, 3.8) is 0 Å². The first-order valence-electron chi connectivity index (χ1n) is 12.1. The maximum absolute atomic E-state index is 12.3. The smallest absolute Gasteiger partial charge is 0.351 e. The summed E-state index contributed by atoms with van der Waals surface area (Å²) in [7, 11) is 3.69. The number of H-pyrrole nitrogens is 2. The van der Waals surface area contributed by atoms with Gasteiger partial charge in [0.1, 0.15) is 0 Å². The van der Waals surface area contributed by atoms with Gasteiger partial charge in [0.05, 0.1) is 28.9 Å². The quantitative estimate of drug-likeness (QED) is 0.215. The number of primary amides is 1. The van der Waals surface area contributed by atoms with Gasteiger partial charge in [0.15, 0.2) is 0 Å². The molecule has 2 aromatic heterocycles. The van der Waals surface area contributed by atoms with Gasteiger partial charge in [0.25, 0.3) is 5.91 Å². The molecule has 5 aromatic rings. The van der Waals surface area contributed by atoms with E-state index in [4.69, 9.17) is 10.7 Å². The predicted molar refractivity (Wildman–Crippen MR) is 150 cm³/mol. The summed E-state index contributed by atoms with van der Waals surface area (Å²) in [5, 5.41) is 12.2. The van der Waals surface area contributed by atoms with Crippen LogP contribution >= 0.6 is 0 Å². The number of amides is 2. The number of carbonyl (C=O) groups is 2. The lowest BCUT2D eigenvalue weighted by atomic mass is 10.0. The topological polar surface area (TPSA) is 142 Å². The summed E-state index contributed by atoms with van der Waals surface area (Å²) in [5.41, 5.74) is 9.80. The van der Waals surface area contributed by atoms with Crippen molar-refractivity contribution < 1.29 is 14.6 Å². The van der Waals surface area contributed by atoms with Crippen LogP contribution in [-0.2, 0) is 4.79 Å². The van der Waals surface area contributed by atoms with E-state index in [0.717, 1.165) is 33.1 Å². The lowest BCUT2D eigenvalue weighted by Gasteiger charge is -2.13. The van der Waals surface area contributed by atoms with Crippen LogP contribution in [-0.4, -0.2) is 47.3 Å². The molecule has 0 spiro atoms. The first kappa shape index (κ1) is 24.7. The Morgan fingerprint density at radius 2 is 1.76 bits per heavy atom. The van der Waals surface area contributed by atoms with Crippen molar-refractivity contribution in [3.05, 3.63) is 78.0 Å². The number of aromatic nitrogens is 3. The van der Waals surface area contributed by atoms with E-state index in [-0.39, 0.29) is 12.5 Å². The van der Waals surface area contributed by atoms with E-state index in [1.807, 2.05) is 75.6 Å². The number of likely N-dealkylation sites (N-methyl/N-ethyl adjacent to an activating group) is 1. The predicted octanol–water partition coefficient (Wildman–Crippen LogP) is 3.92. The van der Waals surface area contributed by atoms with Gasteiger partial charge in [-0.05, 0) is 67.7 Å². The molecule has 0 aliphatic rings. The molecule has 38 heavy (non-hydrogen) atoms. The third-order valence-corrected chi connectivity index (χ3v) is 6.11. The zero-order valence-corrected chi connectivity index (χ0v) is 21.3. The van der Waals surface area contributed by atoms with Crippen molar-refractivity contribution >= 4 is 62.4 Å². The highest BCUT2D eigenvalue weighted by Gasteiger charge is 2.18. The second-order valence-electron chi connectivity index (χ2n) is 9.38. The van der Waals surface area contributed by atoms with E-state index in [1.165, 1.54) is 0 Å². The fourth-order valence-corrected chi connectivity index (χ4v) is 4.27. The normalized spacial score (nSPS) is 11.2. The van der Waals surface area contributed by atoms with Crippen LogP contribution in [0.5, 0.6) is 0 Å². The summed E-state index contributed by atoms with van der Waals surface area (Å²) < 4.78 is 0. The number of aryl methyl sites for hydroxylation is 1. The van der Waals surface area contributed by atoms with Crippen LogP contribution in [0.1, 0.15) is 15.9 Å². The number of aromatic amines is 2. The van der Waals surface area contributed by atoms with Crippen LogP contribution in [0.15, 0.2) is 66.9 Å². The first-order chi connectivity index (χ1) is 18.3. The van der Waals surface area contributed by atoms with Gasteiger partial charge in [0.2, 0.25) is 17.4 Å². The van der Waals surface area contributed by atoms with Crippen LogP contribution in [0.4, 0.5) is 28.8 Å². The fraction of sp³-hybridized carbons (Fsp3) is 0.143. The highest BCUT2D eigenvalue weighted by molar-refractivity contribution is 6.05. The zero-order valence-electron chi connectivity index (χ0n) is 21.3. The van der Waals surface area contributed by atoms with Gasteiger partial charge < -0.3 is 21.3 Å². The summed E-state index contributed by atoms with van der Waals surface area (Å²) >= 11 is 0. The lowest BCUT2D eigenvalue weighted by molar-refractivity contribution is -0.333. The molecule has 192 valence electrons. The highest BCUT2D eigenvalue weighted by Crippen LogP contribution is 2.30. The minimum atomic E-state index is -0.534. The summed E-state index contributed by atoms with van der Waals surface area (Å²) in [6, 6.07) is 19.0. The van der Waals surface area contributed by atoms with Crippen molar-refractivity contribution in [2.24, 2.45) is 5.73 Å². The van der Waals surface area contributed by atoms with Crippen molar-refractivity contribution in [1.82, 2.24) is 14.9 Å². The molecule has 2 heterocycles. The third kappa shape index (κ3) is 5.25. The number of anilines is 5. The number of nitrogens with one attached hydrogen (secondary N) is 5. The Bertz CT molecular complexity index is 1670. The number of fused-ring (bicyclic) bond motifs is 2. The second kappa shape index (κ2) is 10.2. The number of hydrogen-bond donors (Lipinski definition) is 5. The number of benzene rings is 3. The summed E-state index contributed by atoms with van der Waals surface area (Å²) in [4.78, 5) is 37.5. The molecule has 0 saturated carbocycles. The summed E-state index contributed by atoms with van der Waals surface area (Å²) in [6.45, 7) is 2.25. The van der Waals surface area contributed by atoms with Gasteiger partial charge in [-0.25, -0.2) is 4.98 Å². The minimum Gasteiger partial charge on any atom is -0.366 e. The average molecular weight is 510 g/mol. The number of nitrogens with zero attached hydrogens (tertiary/aromatic N) is 2. The average Bonchev–Trinajstić information content (AvgIpc) is 3.34. The lowest BCUT2D eigenvalue weighted by Crippen LogP contribution is -2.27. The molecule has 7 N–H and O–H groups in total. The van der Waals surface area contributed by atoms with Crippen LogP contribution in [0.3, 0.4) is 0 Å². The Labute approximate surface area is 219 Å². The van der Waals surface area contributed by atoms with Crippen molar-refractivity contribution in [3.8, 4) is 0 Å². The van der Waals surface area contributed by atoms with E-state index in [0.29, 0.717) is 28.7 Å². The van der Waals surface area contributed by atoms with E-state index < -0.39 is 5.91 Å². The number of rotatable bonds is 8. The largest absolute Gasteiger partial charge is 0.366 e. The Kier molecular flexibility index (Phi) is 6.63. The van der Waals surface area contributed by atoms with E-state index in [2.05, 4.69) is 25.9 Å². The Morgan fingerprint density at radius 1 is 1.00 bits per heavy atom. The maximum atomic E-state index is 12.3. The van der Waals surface area contributed by atoms with Gasteiger partial charge >= 0.3 is 5.95 Å². The monoisotopic (exact) mass is 509 g/mol. The molecule has 0 bridgehead atoms. The van der Waals surface area contributed by atoms with Crippen LogP contribution < -0.4 is 26.7 Å². The molecule has 0 radical (unpaired) electrons. The Morgan fingerprint density at radius 3 is 2.50 bits per heavy atom. The molecular formula is C28H29N8O2+. The second-order valence-corrected chi connectivity index (χ2v) is 9.38. The maximum Gasteiger partial charge on any atom is 0.351 e. The number of nitrogens with two attached hydrogens (primary N) is 1. The standard InChI is InChI=1S/C28H28N8O2/c1-16-8-9-19(31-24(37)15-36(2)3)14-22(16)33-28-34-26-20(10-11-30-26)27(35-28)32-23-13-18-7-5-4-6-17(18)12-21(23)25(29)38/h4-14H,15H2,1-3H3,(H2,29,38)(H,31,37)(H3,30,32,33,34,35)/p+1. The number of hydrogen-bond acceptors (Lipinski definition) is 6. The van der Waals surface area contributed by atoms with Gasteiger partial charge in [0, 0.05) is 11.9 Å². The van der Waals surface area contributed by atoms with E-state index in [9.17, 15) is 9.59 Å². The van der Waals surface area contributed by atoms with E-state index in [1.54, 1.807) is 17.2 Å². The minimum absolute atomic E-state index is 0.102. The Balaban J connectivity index is 1.49. The zero-order chi connectivity index (χ0) is 26.8. The SMILES string of the molecule is Cc1ccc(NC(=O)CN(C)C)cc1Nc1nc(Nc2cc3ccccc3cc2C(N)=O)c2cc[nH]c2[nH+]1. The van der Waals surface area contributed by atoms with Gasteiger partial charge in [-0.1, -0.05) is 35.3 Å². The molecule has 0 saturated heterocycles. The first-order valence-corrected chi connectivity index (χ1v) is 12.1.